The quantitative estimate of drug-likeness (QED) is 0.890. The molecular weight excluding hydrogens is 226 g/mol. The Balaban J connectivity index is 1.95. The lowest BCUT2D eigenvalue weighted by molar-refractivity contribution is 0.0511. The van der Waals surface area contributed by atoms with Gasteiger partial charge in [0.1, 0.15) is 5.75 Å². The molecule has 1 aromatic rings. The van der Waals surface area contributed by atoms with Gasteiger partial charge in [0, 0.05) is 31.4 Å². The summed E-state index contributed by atoms with van der Waals surface area (Å²) in [4.78, 5) is 2.32. The number of hydrogen-bond acceptors (Lipinski definition) is 3. The molecule has 0 radical (unpaired) electrons. The van der Waals surface area contributed by atoms with Crippen LogP contribution in [0.1, 0.15) is 31.4 Å². The molecule has 1 fully saturated rings. The second kappa shape index (κ2) is 6.21. The first kappa shape index (κ1) is 13.4. The SMILES string of the molecule is CC(c1ccccc1O)N(C)CC1CCOCC1. The topological polar surface area (TPSA) is 32.7 Å². The fourth-order valence-corrected chi connectivity index (χ4v) is 2.57. The summed E-state index contributed by atoms with van der Waals surface area (Å²) >= 11 is 0. The maximum atomic E-state index is 9.89. The Morgan fingerprint density at radius 2 is 2.00 bits per heavy atom. The third kappa shape index (κ3) is 3.24. The average Bonchev–Trinajstić information content (AvgIpc) is 2.39. The van der Waals surface area contributed by atoms with Gasteiger partial charge in [-0.25, -0.2) is 0 Å². The molecular formula is C15H23NO2. The maximum Gasteiger partial charge on any atom is 0.120 e. The Bertz CT molecular complexity index is 375. The number of nitrogens with zero attached hydrogens (tertiary/aromatic N) is 1. The molecule has 0 saturated carbocycles. The molecule has 1 saturated heterocycles. The van der Waals surface area contributed by atoms with Crippen LogP contribution in [0, 0.1) is 5.92 Å². The van der Waals surface area contributed by atoms with Gasteiger partial charge in [-0.2, -0.15) is 0 Å². The molecule has 2 rings (SSSR count). The second-order valence-corrected chi connectivity index (χ2v) is 5.23. The summed E-state index contributed by atoms with van der Waals surface area (Å²) in [7, 11) is 2.13. The van der Waals surface area contributed by atoms with E-state index in [0.29, 0.717) is 5.75 Å². The maximum absolute atomic E-state index is 9.89. The van der Waals surface area contributed by atoms with Crippen LogP contribution in [0.2, 0.25) is 0 Å². The van der Waals surface area contributed by atoms with Gasteiger partial charge in [-0.3, -0.25) is 4.90 Å². The average molecular weight is 249 g/mol. The Morgan fingerprint density at radius 1 is 1.33 bits per heavy atom. The molecule has 0 spiro atoms. The number of ether oxygens (including phenoxy) is 1. The molecule has 3 nitrogen and oxygen atoms in total. The van der Waals surface area contributed by atoms with Crippen molar-refractivity contribution >= 4 is 0 Å². The first-order valence-corrected chi connectivity index (χ1v) is 6.74. The number of para-hydroxylation sites is 1. The van der Waals surface area contributed by atoms with Gasteiger partial charge in [0.15, 0.2) is 0 Å². The minimum atomic E-state index is 0.244. The zero-order valence-corrected chi connectivity index (χ0v) is 11.3. The molecule has 0 bridgehead atoms. The van der Waals surface area contributed by atoms with Crippen LogP contribution in [0.15, 0.2) is 24.3 Å². The summed E-state index contributed by atoms with van der Waals surface area (Å²) in [5.74, 6) is 1.11. The molecule has 1 N–H and O–H groups in total. The van der Waals surface area contributed by atoms with Gasteiger partial charge in [0.2, 0.25) is 0 Å². The normalized spacial score (nSPS) is 19.1. The minimum Gasteiger partial charge on any atom is -0.508 e. The molecule has 100 valence electrons. The van der Waals surface area contributed by atoms with Crippen LogP contribution in [-0.4, -0.2) is 36.8 Å². The summed E-state index contributed by atoms with van der Waals surface area (Å²) in [6.07, 6.45) is 2.30. The molecule has 1 aliphatic heterocycles. The Kier molecular flexibility index (Phi) is 4.61. The van der Waals surface area contributed by atoms with Gasteiger partial charge < -0.3 is 9.84 Å². The number of aromatic hydroxyl groups is 1. The van der Waals surface area contributed by atoms with E-state index in [0.717, 1.165) is 44.1 Å². The Labute approximate surface area is 109 Å². The van der Waals surface area contributed by atoms with E-state index in [2.05, 4.69) is 18.9 Å². The van der Waals surface area contributed by atoms with Gasteiger partial charge in [-0.05, 0) is 38.8 Å². The van der Waals surface area contributed by atoms with E-state index in [9.17, 15) is 5.11 Å². The molecule has 1 aliphatic rings. The van der Waals surface area contributed by atoms with Gasteiger partial charge >= 0.3 is 0 Å². The molecule has 1 heterocycles. The highest BCUT2D eigenvalue weighted by Gasteiger charge is 2.20. The van der Waals surface area contributed by atoms with Crippen molar-refractivity contribution in [2.45, 2.75) is 25.8 Å². The Morgan fingerprint density at radius 3 is 2.67 bits per heavy atom. The highest BCUT2D eigenvalue weighted by molar-refractivity contribution is 5.34. The first-order chi connectivity index (χ1) is 8.68. The summed E-state index contributed by atoms with van der Waals surface area (Å²) < 4.78 is 5.39. The van der Waals surface area contributed by atoms with Gasteiger partial charge in [-0.15, -0.1) is 0 Å². The van der Waals surface area contributed by atoms with Crippen LogP contribution in [0.25, 0.3) is 0 Å². The molecule has 1 unspecified atom stereocenters. The molecule has 18 heavy (non-hydrogen) atoms. The zero-order valence-electron chi connectivity index (χ0n) is 11.3. The van der Waals surface area contributed by atoms with Crippen molar-refractivity contribution in [3.05, 3.63) is 29.8 Å². The molecule has 0 aromatic heterocycles. The fourth-order valence-electron chi connectivity index (χ4n) is 2.57. The van der Waals surface area contributed by atoms with E-state index < -0.39 is 0 Å². The van der Waals surface area contributed by atoms with Crippen molar-refractivity contribution in [1.29, 1.82) is 0 Å². The lowest BCUT2D eigenvalue weighted by atomic mass is 9.98. The van der Waals surface area contributed by atoms with Crippen molar-refractivity contribution in [2.24, 2.45) is 5.92 Å². The Hall–Kier alpha value is -1.06. The predicted octanol–water partition coefficient (Wildman–Crippen LogP) is 2.81. The van der Waals surface area contributed by atoms with Crippen LogP contribution in [0.3, 0.4) is 0 Å². The molecule has 1 atom stereocenters. The largest absolute Gasteiger partial charge is 0.508 e. The van der Waals surface area contributed by atoms with E-state index in [1.165, 1.54) is 0 Å². The van der Waals surface area contributed by atoms with E-state index in [1.54, 1.807) is 6.07 Å². The molecule has 3 heteroatoms. The summed E-state index contributed by atoms with van der Waals surface area (Å²) in [5, 5.41) is 9.89. The van der Waals surface area contributed by atoms with Crippen molar-refractivity contribution in [3.8, 4) is 5.75 Å². The number of phenols is 1. The van der Waals surface area contributed by atoms with Crippen molar-refractivity contribution in [3.63, 3.8) is 0 Å². The fraction of sp³-hybridized carbons (Fsp3) is 0.600. The van der Waals surface area contributed by atoms with Crippen LogP contribution < -0.4 is 0 Å². The lowest BCUT2D eigenvalue weighted by Gasteiger charge is -2.31. The van der Waals surface area contributed by atoms with Crippen LogP contribution in [0.4, 0.5) is 0 Å². The predicted molar refractivity (Wildman–Crippen MR) is 72.7 cm³/mol. The van der Waals surface area contributed by atoms with Crippen molar-refractivity contribution < 1.29 is 9.84 Å². The number of rotatable bonds is 4. The van der Waals surface area contributed by atoms with Gasteiger partial charge in [0.05, 0.1) is 0 Å². The number of phenolic OH excluding ortho intramolecular Hbond substituents is 1. The first-order valence-electron chi connectivity index (χ1n) is 6.74. The van der Waals surface area contributed by atoms with Crippen LogP contribution in [-0.2, 0) is 4.74 Å². The molecule has 0 aliphatic carbocycles. The summed E-state index contributed by atoms with van der Waals surface area (Å²) in [6, 6.07) is 7.85. The van der Waals surface area contributed by atoms with E-state index in [-0.39, 0.29) is 6.04 Å². The van der Waals surface area contributed by atoms with Crippen molar-refractivity contribution in [2.75, 3.05) is 26.8 Å². The van der Waals surface area contributed by atoms with Crippen LogP contribution >= 0.6 is 0 Å². The highest BCUT2D eigenvalue weighted by atomic mass is 16.5. The van der Waals surface area contributed by atoms with E-state index in [1.807, 2.05) is 18.2 Å². The van der Waals surface area contributed by atoms with Gasteiger partial charge in [-0.1, -0.05) is 18.2 Å². The monoisotopic (exact) mass is 249 g/mol. The standard InChI is InChI=1S/C15H23NO2/c1-12(14-5-3-4-6-15(14)17)16(2)11-13-7-9-18-10-8-13/h3-6,12-13,17H,7-11H2,1-2H3. The van der Waals surface area contributed by atoms with E-state index >= 15 is 0 Å². The third-order valence-electron chi connectivity index (χ3n) is 3.94. The second-order valence-electron chi connectivity index (χ2n) is 5.23. The molecule has 0 amide bonds. The summed E-state index contributed by atoms with van der Waals surface area (Å²) in [5.41, 5.74) is 1.01. The highest BCUT2D eigenvalue weighted by Crippen LogP contribution is 2.28. The van der Waals surface area contributed by atoms with Crippen LogP contribution in [0.5, 0.6) is 5.75 Å². The lowest BCUT2D eigenvalue weighted by Crippen LogP contribution is -2.31. The molecule has 1 aromatic carbocycles. The number of hydrogen-bond donors (Lipinski definition) is 1. The number of benzene rings is 1. The zero-order chi connectivity index (χ0) is 13.0. The van der Waals surface area contributed by atoms with Crippen molar-refractivity contribution in [1.82, 2.24) is 4.90 Å². The van der Waals surface area contributed by atoms with Gasteiger partial charge in [0.25, 0.3) is 0 Å². The minimum absolute atomic E-state index is 0.244. The summed E-state index contributed by atoms with van der Waals surface area (Å²) in [6.45, 7) is 5.00. The third-order valence-corrected chi connectivity index (χ3v) is 3.94. The van der Waals surface area contributed by atoms with E-state index in [4.69, 9.17) is 4.74 Å². The smallest absolute Gasteiger partial charge is 0.120 e.